The largest absolute Gasteiger partial charge is 0.493 e. The van der Waals surface area contributed by atoms with Gasteiger partial charge in [-0.05, 0) is 19.5 Å². The van der Waals surface area contributed by atoms with E-state index in [0.29, 0.717) is 24.6 Å². The molecule has 0 bridgehead atoms. The molecule has 1 aromatic rings. The van der Waals surface area contributed by atoms with Crippen molar-refractivity contribution in [3.05, 3.63) is 17.7 Å². The van der Waals surface area contributed by atoms with Gasteiger partial charge in [0.2, 0.25) is 10.0 Å². The summed E-state index contributed by atoms with van der Waals surface area (Å²) in [7, 11) is 1.26. The molecule has 0 unspecified atom stereocenters. The molecule has 6 nitrogen and oxygen atoms in total. The number of nitrogens with one attached hydrogen (secondary N) is 2. The average Bonchev–Trinajstić information content (AvgIpc) is 2.46. The van der Waals surface area contributed by atoms with Gasteiger partial charge in [-0.2, -0.15) is 0 Å². The number of sulfonamides is 1. The normalized spacial score (nSPS) is 11.4. The monoisotopic (exact) mass is 316 g/mol. The molecule has 0 aromatic heterocycles. The zero-order valence-electron chi connectivity index (χ0n) is 13.0. The number of methoxy groups -OCH3 is 2. The fourth-order valence-electron chi connectivity index (χ4n) is 1.96. The Hall–Kier alpha value is -1.31. The van der Waals surface area contributed by atoms with Crippen molar-refractivity contribution in [1.29, 1.82) is 0 Å². The van der Waals surface area contributed by atoms with E-state index in [9.17, 15) is 8.42 Å². The third-order valence-electron chi connectivity index (χ3n) is 3.03. The Morgan fingerprint density at radius 1 is 1.19 bits per heavy atom. The van der Waals surface area contributed by atoms with Crippen molar-refractivity contribution in [3.63, 3.8) is 0 Å². The molecule has 1 aromatic carbocycles. The topological polar surface area (TPSA) is 76.7 Å². The molecule has 120 valence electrons. The molecule has 0 aliphatic rings. The van der Waals surface area contributed by atoms with Gasteiger partial charge in [0.25, 0.3) is 0 Å². The van der Waals surface area contributed by atoms with Gasteiger partial charge in [0.15, 0.2) is 11.5 Å². The molecule has 7 heteroatoms. The van der Waals surface area contributed by atoms with E-state index in [1.165, 1.54) is 20.3 Å². The summed E-state index contributed by atoms with van der Waals surface area (Å²) in [6, 6.07) is 3.08. The summed E-state index contributed by atoms with van der Waals surface area (Å²) in [5.41, 5.74) is 0.732. The van der Waals surface area contributed by atoms with Gasteiger partial charge < -0.3 is 14.8 Å². The zero-order valence-corrected chi connectivity index (χ0v) is 13.8. The van der Waals surface area contributed by atoms with Gasteiger partial charge in [0.1, 0.15) is 0 Å². The lowest BCUT2D eigenvalue weighted by molar-refractivity contribution is 0.350. The minimum absolute atomic E-state index is 0.182. The lowest BCUT2D eigenvalue weighted by Crippen LogP contribution is -2.25. The third kappa shape index (κ3) is 4.59. The van der Waals surface area contributed by atoms with Crippen LogP contribution in [-0.2, 0) is 16.6 Å². The maximum Gasteiger partial charge on any atom is 0.240 e. The number of benzene rings is 1. The first-order chi connectivity index (χ1) is 10.00. The van der Waals surface area contributed by atoms with E-state index in [1.54, 1.807) is 13.1 Å². The Kier molecular flexibility index (Phi) is 6.94. The van der Waals surface area contributed by atoms with Crippen molar-refractivity contribution >= 4 is 10.0 Å². The van der Waals surface area contributed by atoms with E-state index in [2.05, 4.69) is 10.0 Å². The van der Waals surface area contributed by atoms with Crippen molar-refractivity contribution in [3.8, 4) is 11.5 Å². The minimum atomic E-state index is -3.54. The molecule has 0 radical (unpaired) electrons. The van der Waals surface area contributed by atoms with Crippen LogP contribution in [0.5, 0.6) is 11.5 Å². The van der Waals surface area contributed by atoms with E-state index < -0.39 is 10.0 Å². The maximum absolute atomic E-state index is 12.3. The van der Waals surface area contributed by atoms with E-state index in [4.69, 9.17) is 9.47 Å². The highest BCUT2D eigenvalue weighted by molar-refractivity contribution is 7.89. The molecule has 0 aliphatic heterocycles. The molecule has 0 saturated carbocycles. The van der Waals surface area contributed by atoms with E-state index in [-0.39, 0.29) is 4.90 Å². The van der Waals surface area contributed by atoms with E-state index in [0.717, 1.165) is 18.4 Å². The van der Waals surface area contributed by atoms with Crippen molar-refractivity contribution in [2.45, 2.75) is 31.2 Å². The van der Waals surface area contributed by atoms with Gasteiger partial charge in [-0.1, -0.05) is 13.3 Å². The van der Waals surface area contributed by atoms with Crippen LogP contribution in [0.1, 0.15) is 25.3 Å². The second kappa shape index (κ2) is 8.21. The lowest BCUT2D eigenvalue weighted by Gasteiger charge is -2.15. The quantitative estimate of drug-likeness (QED) is 0.675. The first kappa shape index (κ1) is 17.7. The summed E-state index contributed by atoms with van der Waals surface area (Å²) in [6.07, 6.45) is 1.73. The van der Waals surface area contributed by atoms with Crippen LogP contribution in [0.15, 0.2) is 17.0 Å². The van der Waals surface area contributed by atoms with Crippen LogP contribution >= 0.6 is 0 Å². The smallest absolute Gasteiger partial charge is 0.240 e. The predicted molar refractivity (Wildman–Crippen MR) is 82.4 cm³/mol. The summed E-state index contributed by atoms with van der Waals surface area (Å²) < 4.78 is 37.7. The highest BCUT2D eigenvalue weighted by Crippen LogP contribution is 2.34. The molecular formula is C14H24N2O4S. The maximum atomic E-state index is 12.3. The van der Waals surface area contributed by atoms with Crippen LogP contribution < -0.4 is 19.5 Å². The molecule has 0 atom stereocenters. The second-order valence-electron chi connectivity index (χ2n) is 4.60. The van der Waals surface area contributed by atoms with E-state index in [1.807, 2.05) is 6.92 Å². The minimum Gasteiger partial charge on any atom is -0.493 e. The van der Waals surface area contributed by atoms with Crippen molar-refractivity contribution in [2.75, 3.05) is 27.8 Å². The number of hydrogen-bond donors (Lipinski definition) is 2. The molecule has 0 spiro atoms. The fourth-order valence-corrected chi connectivity index (χ4v) is 3.10. The lowest BCUT2D eigenvalue weighted by atomic mass is 10.2. The van der Waals surface area contributed by atoms with Crippen LogP contribution in [0, 0.1) is 0 Å². The summed E-state index contributed by atoms with van der Waals surface area (Å²) in [5.74, 6) is 0.945. The third-order valence-corrected chi connectivity index (χ3v) is 4.47. The molecule has 0 fully saturated rings. The van der Waals surface area contributed by atoms with Gasteiger partial charge in [-0.3, -0.25) is 0 Å². The number of unbranched alkanes of at least 4 members (excludes halogenated alkanes) is 1. The summed E-state index contributed by atoms with van der Waals surface area (Å²) >= 11 is 0. The van der Waals surface area contributed by atoms with Crippen LogP contribution in [0.4, 0.5) is 0 Å². The zero-order chi connectivity index (χ0) is 15.9. The average molecular weight is 316 g/mol. The van der Waals surface area contributed by atoms with Gasteiger partial charge >= 0.3 is 0 Å². The number of rotatable bonds is 9. The van der Waals surface area contributed by atoms with Gasteiger partial charge in [-0.25, -0.2) is 13.1 Å². The van der Waals surface area contributed by atoms with Crippen LogP contribution in [0.2, 0.25) is 0 Å². The van der Waals surface area contributed by atoms with Crippen LogP contribution in [-0.4, -0.2) is 36.2 Å². The van der Waals surface area contributed by atoms with Crippen molar-refractivity contribution in [1.82, 2.24) is 10.0 Å². The summed E-state index contributed by atoms with van der Waals surface area (Å²) in [5, 5.41) is 2.99. The van der Waals surface area contributed by atoms with Crippen molar-refractivity contribution < 1.29 is 17.9 Å². The Bertz CT molecular complexity index is 558. The summed E-state index contributed by atoms with van der Waals surface area (Å²) in [6.45, 7) is 2.92. The Balaban J connectivity index is 3.21. The van der Waals surface area contributed by atoms with E-state index >= 15 is 0 Å². The summed E-state index contributed by atoms with van der Waals surface area (Å²) in [4.78, 5) is 0.182. The SMILES string of the molecule is CCCCNS(=O)(=O)c1cc(CNC)c(OC)c(OC)c1. The van der Waals surface area contributed by atoms with Crippen LogP contribution in [0.25, 0.3) is 0 Å². The molecule has 2 N–H and O–H groups in total. The number of hydrogen-bond acceptors (Lipinski definition) is 5. The molecule has 21 heavy (non-hydrogen) atoms. The Morgan fingerprint density at radius 2 is 1.90 bits per heavy atom. The molecular weight excluding hydrogens is 292 g/mol. The second-order valence-corrected chi connectivity index (χ2v) is 6.37. The first-order valence-corrected chi connectivity index (χ1v) is 8.37. The first-order valence-electron chi connectivity index (χ1n) is 6.89. The molecule has 0 aliphatic carbocycles. The van der Waals surface area contributed by atoms with Crippen molar-refractivity contribution in [2.24, 2.45) is 0 Å². The molecule has 0 saturated heterocycles. The van der Waals surface area contributed by atoms with Gasteiger partial charge in [0.05, 0.1) is 19.1 Å². The molecule has 1 rings (SSSR count). The van der Waals surface area contributed by atoms with Gasteiger partial charge in [0, 0.05) is 24.7 Å². The number of ether oxygens (including phenoxy) is 2. The Labute approximate surface area is 126 Å². The van der Waals surface area contributed by atoms with Crippen LogP contribution in [0.3, 0.4) is 0 Å². The predicted octanol–water partition coefficient (Wildman–Crippen LogP) is 1.50. The standard InChI is InChI=1S/C14H24N2O4S/c1-5-6-7-16-21(17,18)12-8-11(10-15-2)14(20-4)13(9-12)19-3/h8-9,15-16H,5-7,10H2,1-4H3. The highest BCUT2D eigenvalue weighted by Gasteiger charge is 2.19. The van der Waals surface area contributed by atoms with Gasteiger partial charge in [-0.15, -0.1) is 0 Å². The molecule has 0 heterocycles. The molecule has 0 amide bonds. The fraction of sp³-hybridized carbons (Fsp3) is 0.571. The highest BCUT2D eigenvalue weighted by atomic mass is 32.2. The Morgan fingerprint density at radius 3 is 2.43 bits per heavy atom.